The summed E-state index contributed by atoms with van der Waals surface area (Å²) >= 11 is 0. The van der Waals surface area contributed by atoms with E-state index in [0.717, 1.165) is 22.0 Å². The highest BCUT2D eigenvalue weighted by Gasteiger charge is 2.10. The van der Waals surface area contributed by atoms with E-state index in [4.69, 9.17) is 9.84 Å². The molecular formula is C15H18N2O4. The summed E-state index contributed by atoms with van der Waals surface area (Å²) in [5, 5.41) is 12.2. The van der Waals surface area contributed by atoms with Gasteiger partial charge in [-0.05, 0) is 24.1 Å². The predicted molar refractivity (Wildman–Crippen MR) is 78.2 cm³/mol. The number of carbonyl (C=O) groups excluding carboxylic acids is 1. The molecule has 0 aliphatic heterocycles. The SMILES string of the molecule is Cc1cccc2[nH]cc(CC(=O)NCCOCC(=O)O)c12. The molecule has 0 fully saturated rings. The van der Waals surface area contributed by atoms with E-state index in [-0.39, 0.29) is 25.5 Å². The first kappa shape index (κ1) is 15.1. The molecule has 0 aliphatic carbocycles. The van der Waals surface area contributed by atoms with Gasteiger partial charge in [0.15, 0.2) is 0 Å². The minimum Gasteiger partial charge on any atom is -0.480 e. The summed E-state index contributed by atoms with van der Waals surface area (Å²) < 4.78 is 4.85. The van der Waals surface area contributed by atoms with Crippen molar-refractivity contribution in [1.82, 2.24) is 10.3 Å². The standard InChI is InChI=1S/C15H18N2O4/c1-10-3-2-4-12-15(10)11(8-17-12)7-13(18)16-5-6-21-9-14(19)20/h2-4,8,17H,5-7,9H2,1H3,(H,16,18)(H,19,20). The first-order valence-corrected chi connectivity index (χ1v) is 6.69. The average Bonchev–Trinajstić information content (AvgIpc) is 2.82. The molecule has 0 spiro atoms. The Morgan fingerprint density at radius 2 is 2.19 bits per heavy atom. The maximum atomic E-state index is 11.9. The molecule has 0 bridgehead atoms. The highest BCUT2D eigenvalue weighted by Crippen LogP contribution is 2.22. The molecule has 0 atom stereocenters. The minimum absolute atomic E-state index is 0.113. The van der Waals surface area contributed by atoms with Crippen LogP contribution < -0.4 is 5.32 Å². The van der Waals surface area contributed by atoms with E-state index >= 15 is 0 Å². The second-order valence-electron chi connectivity index (χ2n) is 4.78. The fourth-order valence-electron chi connectivity index (χ4n) is 2.25. The summed E-state index contributed by atoms with van der Waals surface area (Å²) in [7, 11) is 0. The van der Waals surface area contributed by atoms with Crippen LogP contribution in [0.4, 0.5) is 0 Å². The van der Waals surface area contributed by atoms with E-state index in [1.807, 2.05) is 31.3 Å². The van der Waals surface area contributed by atoms with Gasteiger partial charge in [-0.2, -0.15) is 0 Å². The number of carboxylic acids is 1. The Bertz CT molecular complexity index is 648. The molecule has 1 aromatic heterocycles. The van der Waals surface area contributed by atoms with Crippen LogP contribution in [0.2, 0.25) is 0 Å². The van der Waals surface area contributed by atoms with Gasteiger partial charge in [-0.1, -0.05) is 12.1 Å². The molecule has 6 heteroatoms. The van der Waals surface area contributed by atoms with Crippen molar-refractivity contribution < 1.29 is 19.4 Å². The van der Waals surface area contributed by atoms with Gasteiger partial charge < -0.3 is 20.1 Å². The molecule has 0 saturated carbocycles. The molecule has 112 valence electrons. The van der Waals surface area contributed by atoms with E-state index in [9.17, 15) is 9.59 Å². The van der Waals surface area contributed by atoms with Crippen LogP contribution in [-0.4, -0.2) is 41.7 Å². The number of aromatic amines is 1. The van der Waals surface area contributed by atoms with Crippen molar-refractivity contribution in [2.45, 2.75) is 13.3 Å². The predicted octanol–water partition coefficient (Wildman–Crippen LogP) is 1.24. The van der Waals surface area contributed by atoms with Crippen LogP contribution in [0.5, 0.6) is 0 Å². The number of hydrogen-bond donors (Lipinski definition) is 3. The zero-order valence-electron chi connectivity index (χ0n) is 11.8. The van der Waals surface area contributed by atoms with Crippen molar-refractivity contribution in [2.24, 2.45) is 0 Å². The molecule has 2 aromatic rings. The van der Waals surface area contributed by atoms with Gasteiger partial charge in [0.05, 0.1) is 13.0 Å². The number of aliphatic carboxylic acids is 1. The zero-order valence-corrected chi connectivity index (χ0v) is 11.8. The van der Waals surface area contributed by atoms with Crippen LogP contribution in [-0.2, 0) is 20.7 Å². The number of carboxylic acid groups (broad SMARTS) is 1. The molecular weight excluding hydrogens is 272 g/mol. The number of hydrogen-bond acceptors (Lipinski definition) is 3. The molecule has 21 heavy (non-hydrogen) atoms. The Morgan fingerprint density at radius 1 is 1.38 bits per heavy atom. The minimum atomic E-state index is -1.02. The molecule has 1 aromatic carbocycles. The number of nitrogens with one attached hydrogen (secondary N) is 2. The molecule has 6 nitrogen and oxygen atoms in total. The van der Waals surface area contributed by atoms with Gasteiger partial charge in [0.25, 0.3) is 0 Å². The van der Waals surface area contributed by atoms with E-state index in [1.54, 1.807) is 0 Å². The number of H-pyrrole nitrogens is 1. The lowest BCUT2D eigenvalue weighted by Crippen LogP contribution is -2.29. The van der Waals surface area contributed by atoms with E-state index < -0.39 is 5.97 Å². The Balaban J connectivity index is 1.86. The summed E-state index contributed by atoms with van der Waals surface area (Å²) in [5.41, 5.74) is 3.09. The number of aromatic nitrogens is 1. The molecule has 0 radical (unpaired) electrons. The first-order chi connectivity index (χ1) is 10.1. The fourth-order valence-corrected chi connectivity index (χ4v) is 2.25. The Labute approximate surface area is 122 Å². The first-order valence-electron chi connectivity index (χ1n) is 6.69. The van der Waals surface area contributed by atoms with Crippen molar-refractivity contribution in [1.29, 1.82) is 0 Å². The van der Waals surface area contributed by atoms with Gasteiger partial charge in [0.1, 0.15) is 6.61 Å². The van der Waals surface area contributed by atoms with Gasteiger partial charge >= 0.3 is 5.97 Å². The molecule has 0 aliphatic rings. The lowest BCUT2D eigenvalue weighted by Gasteiger charge is -2.05. The third-order valence-electron chi connectivity index (χ3n) is 3.14. The third kappa shape index (κ3) is 4.06. The molecule has 3 N–H and O–H groups in total. The lowest BCUT2D eigenvalue weighted by molar-refractivity contribution is -0.142. The van der Waals surface area contributed by atoms with Crippen LogP contribution in [0.25, 0.3) is 10.9 Å². The Morgan fingerprint density at radius 3 is 2.95 bits per heavy atom. The maximum absolute atomic E-state index is 11.9. The maximum Gasteiger partial charge on any atom is 0.329 e. The van der Waals surface area contributed by atoms with Crippen LogP contribution in [0.15, 0.2) is 24.4 Å². The van der Waals surface area contributed by atoms with Crippen molar-refractivity contribution >= 4 is 22.8 Å². The smallest absolute Gasteiger partial charge is 0.329 e. The summed E-state index contributed by atoms with van der Waals surface area (Å²) in [6.07, 6.45) is 2.13. The van der Waals surface area contributed by atoms with Crippen LogP contribution in [0.3, 0.4) is 0 Å². The van der Waals surface area contributed by atoms with Gasteiger partial charge in [-0.15, -0.1) is 0 Å². The number of fused-ring (bicyclic) bond motifs is 1. The normalized spacial score (nSPS) is 10.7. The number of benzene rings is 1. The highest BCUT2D eigenvalue weighted by molar-refractivity contribution is 5.91. The number of ether oxygens (including phenoxy) is 1. The lowest BCUT2D eigenvalue weighted by atomic mass is 10.1. The number of aryl methyl sites for hydroxylation is 1. The molecule has 1 heterocycles. The quantitative estimate of drug-likeness (QED) is 0.669. The zero-order chi connectivity index (χ0) is 15.2. The van der Waals surface area contributed by atoms with Crippen LogP contribution in [0, 0.1) is 6.92 Å². The second kappa shape index (κ2) is 6.90. The third-order valence-corrected chi connectivity index (χ3v) is 3.14. The van der Waals surface area contributed by atoms with Crippen molar-refractivity contribution in [2.75, 3.05) is 19.8 Å². The molecule has 1 amide bonds. The molecule has 0 unspecified atom stereocenters. The van der Waals surface area contributed by atoms with Crippen LogP contribution in [0.1, 0.15) is 11.1 Å². The molecule has 0 saturated heterocycles. The monoisotopic (exact) mass is 290 g/mol. The average molecular weight is 290 g/mol. The van der Waals surface area contributed by atoms with Gasteiger partial charge in [0, 0.05) is 23.6 Å². The topological polar surface area (TPSA) is 91.4 Å². The number of carbonyl (C=O) groups is 2. The van der Waals surface area contributed by atoms with E-state index in [1.165, 1.54) is 0 Å². The van der Waals surface area contributed by atoms with Crippen molar-refractivity contribution in [3.63, 3.8) is 0 Å². The summed E-state index contributed by atoms with van der Waals surface area (Å²) in [6, 6.07) is 5.96. The largest absolute Gasteiger partial charge is 0.480 e. The van der Waals surface area contributed by atoms with Gasteiger partial charge in [0.2, 0.25) is 5.91 Å². The Kier molecular flexibility index (Phi) is 4.94. The second-order valence-corrected chi connectivity index (χ2v) is 4.78. The van der Waals surface area contributed by atoms with Gasteiger partial charge in [-0.25, -0.2) is 4.79 Å². The summed E-state index contributed by atoms with van der Waals surface area (Å²) in [5.74, 6) is -1.13. The summed E-state index contributed by atoms with van der Waals surface area (Å²) in [6.45, 7) is 2.15. The van der Waals surface area contributed by atoms with E-state index in [2.05, 4.69) is 10.3 Å². The molecule has 2 rings (SSSR count). The van der Waals surface area contributed by atoms with Crippen molar-refractivity contribution in [3.8, 4) is 0 Å². The fraction of sp³-hybridized carbons (Fsp3) is 0.333. The number of rotatable bonds is 7. The Hall–Kier alpha value is -2.34. The summed E-state index contributed by atoms with van der Waals surface area (Å²) in [4.78, 5) is 25.3. The number of amides is 1. The van der Waals surface area contributed by atoms with Gasteiger partial charge in [-0.3, -0.25) is 4.79 Å². The van der Waals surface area contributed by atoms with Crippen LogP contribution >= 0.6 is 0 Å². The highest BCUT2D eigenvalue weighted by atomic mass is 16.5. The van der Waals surface area contributed by atoms with E-state index in [0.29, 0.717) is 6.54 Å². The van der Waals surface area contributed by atoms with Crippen molar-refractivity contribution in [3.05, 3.63) is 35.5 Å².